The molecule has 2 heteroatoms. The van der Waals surface area contributed by atoms with Crippen molar-refractivity contribution >= 4 is 11.6 Å². The Kier molecular flexibility index (Phi) is 2.06. The molecule has 0 saturated heterocycles. The van der Waals surface area contributed by atoms with Crippen LogP contribution in [0.4, 0.5) is 0 Å². The Labute approximate surface area is 59.7 Å². The van der Waals surface area contributed by atoms with Gasteiger partial charge in [0.25, 0.3) is 0 Å². The molecule has 46 valence electrons. The smallest absolute Gasteiger partial charge is 0.132 e. The maximum absolute atomic E-state index is 5.63. The first kappa shape index (κ1) is 6.56. The summed E-state index contributed by atoms with van der Waals surface area (Å²) in [4.78, 5) is 3.84. The lowest BCUT2D eigenvalue weighted by molar-refractivity contribution is 1.19. The Morgan fingerprint density at radius 2 is 2.44 bits per heavy atom. The Morgan fingerprint density at radius 3 is 2.89 bits per heavy atom. The third kappa shape index (κ3) is 1.42. The molecule has 0 bridgehead atoms. The van der Waals surface area contributed by atoms with E-state index in [0.29, 0.717) is 11.6 Å². The van der Waals surface area contributed by atoms with Crippen LogP contribution in [-0.2, 0) is 6.42 Å². The van der Waals surface area contributed by atoms with Crippen LogP contribution in [0.25, 0.3) is 0 Å². The van der Waals surface area contributed by atoms with Gasteiger partial charge < -0.3 is 0 Å². The fourth-order valence-corrected chi connectivity index (χ4v) is 0.768. The molecule has 1 nitrogen and oxygen atoms in total. The summed E-state index contributed by atoms with van der Waals surface area (Å²) in [6.45, 7) is 5.33. The summed E-state index contributed by atoms with van der Waals surface area (Å²) in [6, 6.07) is 3.67. The summed E-state index contributed by atoms with van der Waals surface area (Å²) in [6.07, 6.45) is 2.09. The molecule has 9 heavy (non-hydrogen) atoms. The van der Waals surface area contributed by atoms with E-state index >= 15 is 0 Å². The summed E-state index contributed by atoms with van der Waals surface area (Å²) < 4.78 is 0. The Morgan fingerprint density at radius 1 is 1.67 bits per heavy atom. The van der Waals surface area contributed by atoms with E-state index in [4.69, 9.17) is 18.5 Å². The molecule has 0 spiro atoms. The number of rotatable bonds is 1. The number of hydrogen-bond donors (Lipinski definition) is 0. The molecule has 0 N–H and O–H groups in total. The lowest BCUT2D eigenvalue weighted by Crippen LogP contribution is -1.83. The topological polar surface area (TPSA) is 12.9 Å². The minimum Gasteiger partial charge on any atom is -0.244 e. The average molecular weight is 140 g/mol. The van der Waals surface area contributed by atoms with Crippen molar-refractivity contribution in [2.45, 2.75) is 6.42 Å². The van der Waals surface area contributed by atoms with Gasteiger partial charge in [0.1, 0.15) is 5.15 Å². The number of halogens is 1. The molecule has 2 radical (unpaired) electrons. The second-order valence-electron chi connectivity index (χ2n) is 1.66. The fourth-order valence-electron chi connectivity index (χ4n) is 0.572. The first-order valence-corrected chi connectivity index (χ1v) is 3.02. The van der Waals surface area contributed by atoms with Crippen LogP contribution in [0, 0.1) is 6.92 Å². The van der Waals surface area contributed by atoms with Gasteiger partial charge in [-0.15, -0.1) is 0 Å². The van der Waals surface area contributed by atoms with E-state index in [1.807, 2.05) is 12.1 Å². The molecule has 1 heterocycles. The molecule has 0 aliphatic rings. The van der Waals surface area contributed by atoms with Crippen molar-refractivity contribution in [3.8, 4) is 0 Å². The lowest BCUT2D eigenvalue weighted by atomic mass is 10.2. The van der Waals surface area contributed by atoms with Crippen molar-refractivity contribution in [1.29, 1.82) is 0 Å². The largest absolute Gasteiger partial charge is 0.244 e. The van der Waals surface area contributed by atoms with Gasteiger partial charge in [0.15, 0.2) is 0 Å². The minimum absolute atomic E-state index is 0.451. The van der Waals surface area contributed by atoms with Crippen LogP contribution in [0.15, 0.2) is 18.3 Å². The molecule has 0 aliphatic carbocycles. The normalized spacial score (nSPS) is 9.56. The van der Waals surface area contributed by atoms with Gasteiger partial charge in [0.2, 0.25) is 0 Å². The average Bonchev–Trinajstić information content (AvgIpc) is 1.89. The van der Waals surface area contributed by atoms with Crippen molar-refractivity contribution in [3.05, 3.63) is 36.0 Å². The van der Waals surface area contributed by atoms with E-state index in [-0.39, 0.29) is 0 Å². The zero-order valence-electron chi connectivity index (χ0n) is 4.84. The molecule has 0 amide bonds. The van der Waals surface area contributed by atoms with Crippen LogP contribution < -0.4 is 0 Å². The molecular weight excluding hydrogens is 134 g/mol. The second kappa shape index (κ2) is 2.83. The molecule has 0 fully saturated rings. The van der Waals surface area contributed by atoms with Gasteiger partial charge in [0.05, 0.1) is 0 Å². The molecule has 0 atom stereocenters. The summed E-state index contributed by atoms with van der Waals surface area (Å²) in [5.41, 5.74) is 0.888. The SMILES string of the molecule is [CH]Cc1cccnc1Cl. The third-order valence-electron chi connectivity index (χ3n) is 1.06. The first-order chi connectivity index (χ1) is 4.34. The van der Waals surface area contributed by atoms with Gasteiger partial charge >= 0.3 is 0 Å². The first-order valence-electron chi connectivity index (χ1n) is 2.64. The number of pyridine rings is 1. The molecule has 1 aromatic rings. The standard InChI is InChI=1S/C7H6ClN/c1-2-6-4-3-5-9-7(6)8/h1,3-5H,2H2. The van der Waals surface area contributed by atoms with Crippen LogP contribution >= 0.6 is 11.6 Å². The highest BCUT2D eigenvalue weighted by Gasteiger charge is 1.93. The van der Waals surface area contributed by atoms with Gasteiger partial charge in [-0.3, -0.25) is 0 Å². The number of aromatic nitrogens is 1. The van der Waals surface area contributed by atoms with Crippen molar-refractivity contribution in [1.82, 2.24) is 4.98 Å². The van der Waals surface area contributed by atoms with E-state index < -0.39 is 0 Å². The van der Waals surface area contributed by atoms with Crippen molar-refractivity contribution in [3.63, 3.8) is 0 Å². The molecule has 0 saturated carbocycles. The molecule has 1 aromatic heterocycles. The predicted molar refractivity (Wildman–Crippen MR) is 37.3 cm³/mol. The second-order valence-corrected chi connectivity index (χ2v) is 2.02. The predicted octanol–water partition coefficient (Wildman–Crippen LogP) is 1.99. The van der Waals surface area contributed by atoms with E-state index in [0.717, 1.165) is 5.56 Å². The van der Waals surface area contributed by atoms with Crippen LogP contribution in [-0.4, -0.2) is 4.98 Å². The zero-order chi connectivity index (χ0) is 6.69. The quantitative estimate of drug-likeness (QED) is 0.543. The summed E-state index contributed by atoms with van der Waals surface area (Å²) in [5.74, 6) is 0. The van der Waals surface area contributed by atoms with E-state index in [9.17, 15) is 0 Å². The molecular formula is C7H6ClN. The maximum atomic E-state index is 5.63. The monoisotopic (exact) mass is 139 g/mol. The maximum Gasteiger partial charge on any atom is 0.132 e. The summed E-state index contributed by atoms with van der Waals surface area (Å²) >= 11 is 5.63. The van der Waals surface area contributed by atoms with Gasteiger partial charge in [-0.05, 0) is 25.0 Å². The van der Waals surface area contributed by atoms with Crippen molar-refractivity contribution < 1.29 is 0 Å². The van der Waals surface area contributed by atoms with E-state index in [1.54, 1.807) is 6.20 Å². The lowest BCUT2D eigenvalue weighted by Gasteiger charge is -1.94. The van der Waals surface area contributed by atoms with Gasteiger partial charge in [-0.1, -0.05) is 17.7 Å². The third-order valence-corrected chi connectivity index (χ3v) is 1.40. The van der Waals surface area contributed by atoms with Crippen molar-refractivity contribution in [2.75, 3.05) is 0 Å². The zero-order valence-corrected chi connectivity index (χ0v) is 5.60. The highest BCUT2D eigenvalue weighted by Crippen LogP contribution is 2.10. The minimum atomic E-state index is 0.451. The molecule has 0 aromatic carbocycles. The van der Waals surface area contributed by atoms with Crippen LogP contribution in [0.5, 0.6) is 0 Å². The molecule has 0 unspecified atom stereocenters. The number of nitrogens with zero attached hydrogens (tertiary/aromatic N) is 1. The van der Waals surface area contributed by atoms with Crippen LogP contribution in [0.3, 0.4) is 0 Å². The highest BCUT2D eigenvalue weighted by molar-refractivity contribution is 6.30. The summed E-state index contributed by atoms with van der Waals surface area (Å²) in [5, 5.41) is 0.500. The number of hydrogen-bond acceptors (Lipinski definition) is 1. The summed E-state index contributed by atoms with van der Waals surface area (Å²) in [7, 11) is 0. The fraction of sp³-hybridized carbons (Fsp3) is 0.143. The molecule has 0 aliphatic heterocycles. The van der Waals surface area contributed by atoms with E-state index in [1.165, 1.54) is 0 Å². The van der Waals surface area contributed by atoms with Gasteiger partial charge in [-0.2, -0.15) is 0 Å². The van der Waals surface area contributed by atoms with Crippen LogP contribution in [0.2, 0.25) is 5.15 Å². The Balaban J connectivity index is 3.01. The molecule has 1 rings (SSSR count). The highest BCUT2D eigenvalue weighted by atomic mass is 35.5. The Hall–Kier alpha value is -0.560. The van der Waals surface area contributed by atoms with Crippen molar-refractivity contribution in [2.24, 2.45) is 0 Å². The van der Waals surface area contributed by atoms with Gasteiger partial charge in [0, 0.05) is 6.20 Å². The Bertz CT molecular complexity index is 198. The van der Waals surface area contributed by atoms with Gasteiger partial charge in [-0.25, -0.2) is 4.98 Å². The van der Waals surface area contributed by atoms with E-state index in [2.05, 4.69) is 4.98 Å². The van der Waals surface area contributed by atoms with Crippen LogP contribution in [0.1, 0.15) is 5.56 Å².